The molecule has 94 valence electrons. The molecule has 1 fully saturated rings. The molecule has 0 saturated heterocycles. The maximum absolute atomic E-state index is 6.52. The van der Waals surface area contributed by atoms with Crippen molar-refractivity contribution >= 4 is 11.6 Å². The summed E-state index contributed by atoms with van der Waals surface area (Å²) in [5.74, 6) is 0.469. The summed E-state index contributed by atoms with van der Waals surface area (Å²) in [7, 11) is 0. The third kappa shape index (κ3) is 2.66. The third-order valence-corrected chi connectivity index (χ3v) is 4.27. The zero-order chi connectivity index (χ0) is 12.5. The van der Waals surface area contributed by atoms with Gasteiger partial charge in [-0.15, -0.1) is 0 Å². The molecule has 0 bridgehead atoms. The summed E-state index contributed by atoms with van der Waals surface area (Å²) in [6.07, 6.45) is 5.96. The molecule has 1 aliphatic carbocycles. The van der Waals surface area contributed by atoms with Gasteiger partial charge in [0.05, 0.1) is 0 Å². The quantitative estimate of drug-likeness (QED) is 0.818. The van der Waals surface area contributed by atoms with Crippen LogP contribution < -0.4 is 5.73 Å². The van der Waals surface area contributed by atoms with E-state index in [2.05, 4.69) is 32.0 Å². The molecule has 2 heteroatoms. The van der Waals surface area contributed by atoms with Gasteiger partial charge in [0.2, 0.25) is 0 Å². The Balaban J connectivity index is 2.30. The predicted molar refractivity (Wildman–Crippen MR) is 74.5 cm³/mol. The topological polar surface area (TPSA) is 26.0 Å². The zero-order valence-electron chi connectivity index (χ0n) is 10.8. The number of rotatable bonds is 2. The van der Waals surface area contributed by atoms with Crippen molar-refractivity contribution in [2.24, 2.45) is 5.73 Å². The van der Waals surface area contributed by atoms with Crippen LogP contribution in [0.25, 0.3) is 0 Å². The lowest BCUT2D eigenvalue weighted by Crippen LogP contribution is -2.38. The molecule has 2 rings (SSSR count). The Morgan fingerprint density at radius 1 is 1.18 bits per heavy atom. The van der Waals surface area contributed by atoms with E-state index in [4.69, 9.17) is 17.3 Å². The van der Waals surface area contributed by atoms with E-state index >= 15 is 0 Å². The van der Waals surface area contributed by atoms with Crippen molar-refractivity contribution in [2.75, 3.05) is 0 Å². The van der Waals surface area contributed by atoms with E-state index < -0.39 is 0 Å². The first kappa shape index (κ1) is 12.9. The summed E-state index contributed by atoms with van der Waals surface area (Å²) in [6, 6.07) is 6.40. The highest BCUT2D eigenvalue weighted by Gasteiger charge is 2.29. The molecule has 1 aliphatic rings. The summed E-state index contributed by atoms with van der Waals surface area (Å²) in [5, 5.41) is 0.868. The summed E-state index contributed by atoms with van der Waals surface area (Å²) in [5.41, 5.74) is 8.81. The standard InChI is InChI=1S/C15H22ClN/c1-11(2)13-7-6-12(10-14(13)16)15(17)8-4-3-5-9-15/h6-7,10-11H,3-5,8-9,17H2,1-2H3. The largest absolute Gasteiger partial charge is 0.321 e. The number of nitrogens with two attached hydrogens (primary N) is 1. The van der Waals surface area contributed by atoms with Crippen molar-refractivity contribution in [1.82, 2.24) is 0 Å². The van der Waals surface area contributed by atoms with E-state index in [1.165, 1.54) is 30.4 Å². The smallest absolute Gasteiger partial charge is 0.0444 e. The van der Waals surface area contributed by atoms with E-state index in [9.17, 15) is 0 Å². The second kappa shape index (κ2) is 4.99. The minimum Gasteiger partial charge on any atom is -0.321 e. The molecule has 0 heterocycles. The van der Waals surface area contributed by atoms with E-state index in [-0.39, 0.29) is 5.54 Å². The number of hydrogen-bond donors (Lipinski definition) is 1. The minimum atomic E-state index is -0.141. The van der Waals surface area contributed by atoms with Crippen LogP contribution in [0.5, 0.6) is 0 Å². The van der Waals surface area contributed by atoms with Crippen LogP contribution in [0.15, 0.2) is 18.2 Å². The van der Waals surface area contributed by atoms with Gasteiger partial charge in [-0.1, -0.05) is 56.8 Å². The first-order chi connectivity index (χ1) is 8.03. The summed E-state index contributed by atoms with van der Waals surface area (Å²) >= 11 is 6.35. The van der Waals surface area contributed by atoms with Gasteiger partial charge in [0.15, 0.2) is 0 Å². The Morgan fingerprint density at radius 3 is 2.35 bits per heavy atom. The van der Waals surface area contributed by atoms with Crippen molar-refractivity contribution in [3.8, 4) is 0 Å². The molecule has 0 aliphatic heterocycles. The molecular weight excluding hydrogens is 230 g/mol. The fourth-order valence-corrected chi connectivity index (χ4v) is 3.18. The van der Waals surface area contributed by atoms with Crippen LogP contribution in [0.2, 0.25) is 5.02 Å². The second-order valence-electron chi connectivity index (χ2n) is 5.61. The molecule has 1 aromatic carbocycles. The number of hydrogen-bond acceptors (Lipinski definition) is 1. The molecule has 0 atom stereocenters. The zero-order valence-corrected chi connectivity index (χ0v) is 11.6. The van der Waals surface area contributed by atoms with E-state index in [1.54, 1.807) is 0 Å². The monoisotopic (exact) mass is 251 g/mol. The highest BCUT2D eigenvalue weighted by atomic mass is 35.5. The van der Waals surface area contributed by atoms with Crippen LogP contribution in [0, 0.1) is 0 Å². The molecule has 0 aromatic heterocycles. The van der Waals surface area contributed by atoms with Gasteiger partial charge >= 0.3 is 0 Å². The fraction of sp³-hybridized carbons (Fsp3) is 0.600. The first-order valence-corrected chi connectivity index (χ1v) is 6.99. The lowest BCUT2D eigenvalue weighted by atomic mass is 9.77. The number of benzene rings is 1. The van der Waals surface area contributed by atoms with Crippen LogP contribution in [-0.2, 0) is 5.54 Å². The molecule has 0 amide bonds. The Kier molecular flexibility index (Phi) is 3.79. The lowest BCUT2D eigenvalue weighted by Gasteiger charge is -2.34. The normalized spacial score (nSPS) is 19.6. The van der Waals surface area contributed by atoms with Gasteiger partial charge < -0.3 is 5.73 Å². The van der Waals surface area contributed by atoms with Crippen molar-refractivity contribution < 1.29 is 0 Å². The predicted octanol–water partition coefficient (Wildman–Crippen LogP) is 4.58. The number of halogens is 1. The van der Waals surface area contributed by atoms with Crippen LogP contribution in [0.4, 0.5) is 0 Å². The van der Waals surface area contributed by atoms with Crippen molar-refractivity contribution in [3.05, 3.63) is 34.3 Å². The highest BCUT2D eigenvalue weighted by molar-refractivity contribution is 6.31. The van der Waals surface area contributed by atoms with Crippen molar-refractivity contribution in [2.45, 2.75) is 57.4 Å². The second-order valence-corrected chi connectivity index (χ2v) is 6.01. The maximum atomic E-state index is 6.52. The molecular formula is C15H22ClN. The highest BCUT2D eigenvalue weighted by Crippen LogP contribution is 2.37. The van der Waals surface area contributed by atoms with Gasteiger partial charge in [-0.2, -0.15) is 0 Å². The lowest BCUT2D eigenvalue weighted by molar-refractivity contribution is 0.302. The van der Waals surface area contributed by atoms with Gasteiger partial charge in [0, 0.05) is 10.6 Å². The van der Waals surface area contributed by atoms with Crippen LogP contribution in [-0.4, -0.2) is 0 Å². The average molecular weight is 252 g/mol. The van der Waals surface area contributed by atoms with E-state index in [0.717, 1.165) is 17.9 Å². The average Bonchev–Trinajstić information content (AvgIpc) is 2.29. The van der Waals surface area contributed by atoms with Crippen LogP contribution >= 0.6 is 11.6 Å². The molecule has 0 unspecified atom stereocenters. The Morgan fingerprint density at radius 2 is 1.82 bits per heavy atom. The van der Waals surface area contributed by atoms with E-state index in [1.807, 2.05) is 0 Å². The summed E-state index contributed by atoms with van der Waals surface area (Å²) < 4.78 is 0. The van der Waals surface area contributed by atoms with Gasteiger partial charge in [-0.3, -0.25) is 0 Å². The third-order valence-electron chi connectivity index (χ3n) is 3.94. The van der Waals surface area contributed by atoms with Gasteiger partial charge in [-0.05, 0) is 36.0 Å². The Labute approximate surface area is 109 Å². The SMILES string of the molecule is CC(C)c1ccc(C2(N)CCCCC2)cc1Cl. The van der Waals surface area contributed by atoms with Gasteiger partial charge in [0.25, 0.3) is 0 Å². The van der Waals surface area contributed by atoms with E-state index in [0.29, 0.717) is 5.92 Å². The van der Waals surface area contributed by atoms with Crippen LogP contribution in [0.3, 0.4) is 0 Å². The molecule has 17 heavy (non-hydrogen) atoms. The minimum absolute atomic E-state index is 0.141. The fourth-order valence-electron chi connectivity index (χ4n) is 2.78. The van der Waals surface area contributed by atoms with Crippen molar-refractivity contribution in [1.29, 1.82) is 0 Å². The Hall–Kier alpha value is -0.530. The van der Waals surface area contributed by atoms with Crippen molar-refractivity contribution in [3.63, 3.8) is 0 Å². The molecule has 0 radical (unpaired) electrons. The maximum Gasteiger partial charge on any atom is 0.0444 e. The molecule has 1 saturated carbocycles. The molecule has 1 aromatic rings. The van der Waals surface area contributed by atoms with Crippen LogP contribution in [0.1, 0.15) is 63.0 Å². The summed E-state index contributed by atoms with van der Waals surface area (Å²) in [4.78, 5) is 0. The molecule has 1 nitrogen and oxygen atoms in total. The van der Waals surface area contributed by atoms with Gasteiger partial charge in [0.1, 0.15) is 0 Å². The molecule has 0 spiro atoms. The van der Waals surface area contributed by atoms with Gasteiger partial charge in [-0.25, -0.2) is 0 Å². The molecule has 2 N–H and O–H groups in total. The Bertz CT molecular complexity index is 392. The first-order valence-electron chi connectivity index (χ1n) is 6.62. The summed E-state index contributed by atoms with van der Waals surface area (Å²) in [6.45, 7) is 4.33.